The third kappa shape index (κ3) is 5.06. The second-order valence-electron chi connectivity index (χ2n) is 6.69. The zero-order valence-corrected chi connectivity index (χ0v) is 14.7. The smallest absolute Gasteiger partial charge is 0.358 e. The minimum absolute atomic E-state index is 0.163. The van der Waals surface area contributed by atoms with Gasteiger partial charge in [-0.1, -0.05) is 19.6 Å². The molecule has 0 unspecified atom stereocenters. The van der Waals surface area contributed by atoms with Crippen LogP contribution in [0.2, 0.25) is 25.7 Å². The first kappa shape index (κ1) is 16.9. The highest BCUT2D eigenvalue weighted by molar-refractivity contribution is 6.76. The van der Waals surface area contributed by atoms with Crippen LogP contribution in [0.4, 0.5) is 0 Å². The first-order valence-electron chi connectivity index (χ1n) is 7.56. The van der Waals surface area contributed by atoms with Gasteiger partial charge in [-0.3, -0.25) is 0 Å². The van der Waals surface area contributed by atoms with E-state index in [-0.39, 0.29) is 12.5 Å². The van der Waals surface area contributed by atoms with Gasteiger partial charge in [0.1, 0.15) is 5.69 Å². The Bertz CT molecular complexity index is 527. The second-order valence-corrected chi connectivity index (χ2v) is 12.3. The number of nitrogens with zero attached hydrogens (tertiary/aromatic N) is 2. The highest BCUT2D eigenvalue weighted by Gasteiger charge is 2.30. The van der Waals surface area contributed by atoms with Crippen LogP contribution in [0.3, 0.4) is 0 Å². The molecule has 0 bridgehead atoms. The maximum Gasteiger partial charge on any atom is 0.358 e. The first-order chi connectivity index (χ1) is 10.4. The average molecular weight is 324 g/mol. The Balaban J connectivity index is 1.91. The molecule has 1 heterocycles. The van der Waals surface area contributed by atoms with E-state index in [4.69, 9.17) is 9.47 Å². The fourth-order valence-electron chi connectivity index (χ4n) is 1.86. The molecule has 1 fully saturated rings. The van der Waals surface area contributed by atoms with E-state index in [0.717, 1.165) is 24.6 Å². The minimum atomic E-state index is -1.09. The van der Waals surface area contributed by atoms with E-state index in [1.54, 1.807) is 0 Å². The van der Waals surface area contributed by atoms with Crippen LogP contribution in [-0.4, -0.2) is 44.5 Å². The number of rotatable bonds is 8. The van der Waals surface area contributed by atoms with Crippen LogP contribution < -0.4 is 4.74 Å². The molecule has 0 saturated heterocycles. The standard InChI is InChI=1S/C15H24N2O4Si/c1-19-15(18)12-9-16-14(13(17-12)11-5-6-11)21-10-20-7-8-22(2,3)4/h9,11H,5-8,10H2,1-4H3. The van der Waals surface area contributed by atoms with Crippen LogP contribution in [0, 0.1) is 0 Å². The van der Waals surface area contributed by atoms with Gasteiger partial charge in [-0.15, -0.1) is 0 Å². The van der Waals surface area contributed by atoms with Gasteiger partial charge in [0.05, 0.1) is 13.3 Å². The molecule has 0 aliphatic heterocycles. The Morgan fingerprint density at radius 2 is 2.09 bits per heavy atom. The predicted octanol–water partition coefficient (Wildman–Crippen LogP) is 2.83. The number of carbonyl (C=O) groups is 1. The molecule has 7 heteroatoms. The molecule has 1 aliphatic rings. The number of ether oxygens (including phenoxy) is 3. The van der Waals surface area contributed by atoms with Gasteiger partial charge in [0.2, 0.25) is 5.88 Å². The van der Waals surface area contributed by atoms with Gasteiger partial charge in [0.15, 0.2) is 12.5 Å². The number of methoxy groups -OCH3 is 1. The highest BCUT2D eigenvalue weighted by Crippen LogP contribution is 2.42. The summed E-state index contributed by atoms with van der Waals surface area (Å²) in [6.45, 7) is 7.77. The number of aromatic nitrogens is 2. The molecule has 0 spiro atoms. The van der Waals surface area contributed by atoms with Crippen molar-refractivity contribution in [3.63, 3.8) is 0 Å². The van der Waals surface area contributed by atoms with Crippen LogP contribution in [0.25, 0.3) is 0 Å². The lowest BCUT2D eigenvalue weighted by molar-refractivity contribution is 0.0183. The largest absolute Gasteiger partial charge is 0.464 e. The summed E-state index contributed by atoms with van der Waals surface area (Å²) < 4.78 is 15.8. The summed E-state index contributed by atoms with van der Waals surface area (Å²) >= 11 is 0. The second kappa shape index (κ2) is 7.19. The van der Waals surface area contributed by atoms with Gasteiger partial charge in [-0.25, -0.2) is 14.8 Å². The van der Waals surface area contributed by atoms with Gasteiger partial charge < -0.3 is 14.2 Å². The summed E-state index contributed by atoms with van der Waals surface area (Å²) in [5.74, 6) is 0.310. The minimum Gasteiger partial charge on any atom is -0.464 e. The zero-order valence-electron chi connectivity index (χ0n) is 13.7. The van der Waals surface area contributed by atoms with Crippen molar-refractivity contribution >= 4 is 14.0 Å². The summed E-state index contributed by atoms with van der Waals surface area (Å²) in [4.78, 5) is 20.1. The van der Waals surface area contributed by atoms with Crippen molar-refractivity contribution in [1.29, 1.82) is 0 Å². The van der Waals surface area contributed by atoms with Crippen molar-refractivity contribution in [1.82, 2.24) is 9.97 Å². The van der Waals surface area contributed by atoms with Gasteiger partial charge in [-0.05, 0) is 18.9 Å². The summed E-state index contributed by atoms with van der Waals surface area (Å²) in [7, 11) is 0.241. The van der Waals surface area contributed by atoms with E-state index in [1.165, 1.54) is 13.3 Å². The molecule has 1 aliphatic carbocycles. The summed E-state index contributed by atoms with van der Waals surface area (Å²) in [5.41, 5.74) is 0.952. The lowest BCUT2D eigenvalue weighted by Gasteiger charge is -2.15. The fraction of sp³-hybridized carbons (Fsp3) is 0.667. The average Bonchev–Trinajstić information content (AvgIpc) is 3.29. The quantitative estimate of drug-likeness (QED) is 0.317. The third-order valence-electron chi connectivity index (χ3n) is 3.40. The molecule has 0 radical (unpaired) electrons. The Morgan fingerprint density at radius 3 is 2.68 bits per heavy atom. The molecule has 0 atom stereocenters. The van der Waals surface area contributed by atoms with Gasteiger partial charge in [-0.2, -0.15) is 0 Å². The van der Waals surface area contributed by atoms with Gasteiger partial charge in [0, 0.05) is 20.6 Å². The summed E-state index contributed by atoms with van der Waals surface area (Å²) in [5, 5.41) is 0. The van der Waals surface area contributed by atoms with E-state index in [0.29, 0.717) is 18.4 Å². The monoisotopic (exact) mass is 324 g/mol. The Labute approximate surface area is 132 Å². The predicted molar refractivity (Wildman–Crippen MR) is 84.9 cm³/mol. The number of hydrogen-bond acceptors (Lipinski definition) is 6. The molecule has 22 heavy (non-hydrogen) atoms. The molecular weight excluding hydrogens is 300 g/mol. The Morgan fingerprint density at radius 1 is 1.36 bits per heavy atom. The molecule has 1 saturated carbocycles. The van der Waals surface area contributed by atoms with Gasteiger partial charge >= 0.3 is 5.97 Å². The lowest BCUT2D eigenvalue weighted by Crippen LogP contribution is -2.22. The number of carbonyl (C=O) groups excluding carboxylic acids is 1. The summed E-state index contributed by atoms with van der Waals surface area (Å²) in [6.07, 6.45) is 3.48. The Hall–Kier alpha value is -1.47. The molecule has 122 valence electrons. The number of hydrogen-bond donors (Lipinski definition) is 0. The van der Waals surface area contributed by atoms with Crippen molar-refractivity contribution in [2.24, 2.45) is 0 Å². The van der Waals surface area contributed by atoms with Crippen molar-refractivity contribution in [3.05, 3.63) is 17.6 Å². The van der Waals surface area contributed by atoms with E-state index in [2.05, 4.69) is 34.3 Å². The molecule has 6 nitrogen and oxygen atoms in total. The van der Waals surface area contributed by atoms with Crippen molar-refractivity contribution in [3.8, 4) is 5.88 Å². The fourth-order valence-corrected chi connectivity index (χ4v) is 2.62. The molecule has 0 N–H and O–H groups in total. The molecule has 0 aromatic carbocycles. The Kier molecular flexibility index (Phi) is 5.52. The molecule has 0 amide bonds. The van der Waals surface area contributed by atoms with E-state index in [1.807, 2.05) is 0 Å². The molecular formula is C15H24N2O4Si. The molecule has 1 aromatic rings. The maximum atomic E-state index is 11.5. The van der Waals surface area contributed by atoms with Crippen LogP contribution in [0.1, 0.15) is 34.9 Å². The zero-order chi connectivity index (χ0) is 16.2. The van der Waals surface area contributed by atoms with E-state index < -0.39 is 14.0 Å². The number of esters is 1. The summed E-state index contributed by atoms with van der Waals surface area (Å²) in [6, 6.07) is 1.10. The van der Waals surface area contributed by atoms with Crippen LogP contribution in [-0.2, 0) is 9.47 Å². The van der Waals surface area contributed by atoms with Crippen molar-refractivity contribution in [2.45, 2.75) is 44.4 Å². The maximum absolute atomic E-state index is 11.5. The normalized spacial score (nSPS) is 14.7. The van der Waals surface area contributed by atoms with E-state index in [9.17, 15) is 4.79 Å². The highest BCUT2D eigenvalue weighted by atomic mass is 28.3. The van der Waals surface area contributed by atoms with Gasteiger partial charge in [0.25, 0.3) is 0 Å². The van der Waals surface area contributed by atoms with Crippen LogP contribution in [0.15, 0.2) is 6.20 Å². The SMILES string of the molecule is COC(=O)c1cnc(OCOCC[Si](C)(C)C)c(C2CC2)n1. The van der Waals surface area contributed by atoms with Crippen LogP contribution in [0.5, 0.6) is 5.88 Å². The third-order valence-corrected chi connectivity index (χ3v) is 5.10. The van der Waals surface area contributed by atoms with Crippen molar-refractivity contribution < 1.29 is 19.0 Å². The lowest BCUT2D eigenvalue weighted by atomic mass is 10.3. The molecule has 1 aromatic heterocycles. The first-order valence-corrected chi connectivity index (χ1v) is 11.3. The van der Waals surface area contributed by atoms with Crippen molar-refractivity contribution in [2.75, 3.05) is 20.5 Å². The van der Waals surface area contributed by atoms with E-state index >= 15 is 0 Å². The van der Waals surface area contributed by atoms with Crippen LogP contribution >= 0.6 is 0 Å². The molecule has 2 rings (SSSR count). The topological polar surface area (TPSA) is 70.5 Å².